The van der Waals surface area contributed by atoms with E-state index in [4.69, 9.17) is 4.74 Å². The first-order valence-electron chi connectivity index (χ1n) is 7.48. The maximum Gasteiger partial charge on any atom is 0.223 e. The van der Waals surface area contributed by atoms with Crippen molar-refractivity contribution in [3.05, 3.63) is 30.1 Å². The van der Waals surface area contributed by atoms with Gasteiger partial charge >= 0.3 is 0 Å². The van der Waals surface area contributed by atoms with Crippen LogP contribution < -0.4 is 10.1 Å². The van der Waals surface area contributed by atoms with Gasteiger partial charge in [0.25, 0.3) is 0 Å². The molecule has 1 fully saturated rings. The Hall–Kier alpha value is -1.62. The van der Waals surface area contributed by atoms with Gasteiger partial charge in [-0.2, -0.15) is 0 Å². The monoisotopic (exact) mass is 295 g/mol. The number of nitrogens with one attached hydrogen (secondary N) is 1. The molecule has 1 aliphatic carbocycles. The second kappa shape index (κ2) is 7.98. The lowest BCUT2D eigenvalue weighted by Crippen LogP contribution is -2.37. The zero-order valence-electron chi connectivity index (χ0n) is 12.1. The number of aliphatic hydroxyl groups excluding tert-OH is 1. The van der Waals surface area contributed by atoms with Crippen molar-refractivity contribution in [1.29, 1.82) is 0 Å². The molecule has 0 aliphatic heterocycles. The molecule has 1 saturated carbocycles. The highest BCUT2D eigenvalue weighted by Crippen LogP contribution is 2.23. The largest absolute Gasteiger partial charge is 0.493 e. The van der Waals surface area contributed by atoms with E-state index in [0.29, 0.717) is 12.3 Å². The van der Waals surface area contributed by atoms with Gasteiger partial charge in [0, 0.05) is 18.5 Å². The minimum absolute atomic E-state index is 0.107. The van der Waals surface area contributed by atoms with Gasteiger partial charge in [0.05, 0.1) is 19.1 Å². The van der Waals surface area contributed by atoms with Gasteiger partial charge in [-0.1, -0.05) is 18.9 Å². The summed E-state index contributed by atoms with van der Waals surface area (Å²) in [5.74, 6) is 0.116. The predicted molar refractivity (Wildman–Crippen MR) is 77.5 cm³/mol. The number of amides is 1. The minimum Gasteiger partial charge on any atom is -0.493 e. The van der Waals surface area contributed by atoms with E-state index in [1.54, 1.807) is 12.1 Å². The van der Waals surface area contributed by atoms with Gasteiger partial charge in [-0.3, -0.25) is 4.79 Å². The van der Waals surface area contributed by atoms with E-state index < -0.39 is 0 Å². The summed E-state index contributed by atoms with van der Waals surface area (Å²) in [6.45, 7) is 0.725. The quantitative estimate of drug-likeness (QED) is 0.846. The molecular formula is C16H22FNO3. The first-order chi connectivity index (χ1) is 10.1. The minimum atomic E-state index is -0.358. The zero-order chi connectivity index (χ0) is 15.1. The summed E-state index contributed by atoms with van der Waals surface area (Å²) < 4.78 is 18.3. The van der Waals surface area contributed by atoms with E-state index >= 15 is 0 Å². The normalized spacial score (nSPS) is 21.8. The van der Waals surface area contributed by atoms with Gasteiger partial charge in [-0.05, 0) is 25.0 Å². The van der Waals surface area contributed by atoms with Crippen molar-refractivity contribution in [2.45, 2.75) is 38.2 Å². The molecule has 0 spiro atoms. The second-order valence-electron chi connectivity index (χ2n) is 5.47. The van der Waals surface area contributed by atoms with E-state index in [1.165, 1.54) is 12.1 Å². The van der Waals surface area contributed by atoms with Crippen molar-refractivity contribution in [1.82, 2.24) is 5.32 Å². The Bertz CT molecular complexity index is 467. The molecule has 0 radical (unpaired) electrons. The van der Waals surface area contributed by atoms with Crippen molar-refractivity contribution in [3.63, 3.8) is 0 Å². The number of ether oxygens (including phenoxy) is 1. The number of hydrogen-bond donors (Lipinski definition) is 2. The van der Waals surface area contributed by atoms with E-state index in [-0.39, 0.29) is 36.8 Å². The van der Waals surface area contributed by atoms with Gasteiger partial charge in [-0.25, -0.2) is 4.39 Å². The molecule has 0 aromatic heterocycles. The van der Waals surface area contributed by atoms with Crippen molar-refractivity contribution in [2.24, 2.45) is 5.92 Å². The average Bonchev–Trinajstić information content (AvgIpc) is 2.46. The van der Waals surface area contributed by atoms with Crippen LogP contribution in [0.25, 0.3) is 0 Å². The molecule has 2 unspecified atom stereocenters. The maximum atomic E-state index is 12.9. The molecule has 0 bridgehead atoms. The average molecular weight is 295 g/mol. The fourth-order valence-corrected chi connectivity index (χ4v) is 2.58. The highest BCUT2D eigenvalue weighted by Gasteiger charge is 2.23. The Morgan fingerprint density at radius 2 is 2.19 bits per heavy atom. The summed E-state index contributed by atoms with van der Waals surface area (Å²) in [5.41, 5.74) is 0. The van der Waals surface area contributed by atoms with Gasteiger partial charge < -0.3 is 15.2 Å². The molecule has 1 aromatic carbocycles. The Morgan fingerprint density at radius 3 is 2.95 bits per heavy atom. The first-order valence-corrected chi connectivity index (χ1v) is 7.48. The van der Waals surface area contributed by atoms with Gasteiger partial charge in [0.15, 0.2) is 0 Å². The Kier molecular flexibility index (Phi) is 5.99. The summed E-state index contributed by atoms with van der Waals surface area (Å²) in [7, 11) is 0. The molecule has 116 valence electrons. The van der Waals surface area contributed by atoms with Gasteiger partial charge in [0.1, 0.15) is 11.6 Å². The standard InChI is InChI=1S/C16H22FNO3/c17-13-5-3-6-14(10-13)21-9-8-16(20)18-11-12-4-1-2-7-15(12)19/h3,5-6,10,12,15,19H,1-2,4,7-9,11H2,(H,18,20). The Labute approximate surface area is 124 Å². The molecule has 2 N–H and O–H groups in total. The first kappa shape index (κ1) is 15.8. The van der Waals surface area contributed by atoms with Crippen molar-refractivity contribution in [2.75, 3.05) is 13.2 Å². The molecule has 2 rings (SSSR count). The summed E-state index contributed by atoms with van der Waals surface area (Å²) in [6.07, 6.45) is 3.87. The number of rotatable bonds is 6. The SMILES string of the molecule is O=C(CCOc1cccc(F)c1)NCC1CCCCC1O. The Balaban J connectivity index is 1.63. The maximum absolute atomic E-state index is 12.9. The van der Waals surface area contributed by atoms with E-state index in [9.17, 15) is 14.3 Å². The van der Waals surface area contributed by atoms with Crippen LogP contribution in [-0.4, -0.2) is 30.3 Å². The molecule has 4 nitrogen and oxygen atoms in total. The van der Waals surface area contributed by atoms with Crippen LogP contribution in [-0.2, 0) is 4.79 Å². The lowest BCUT2D eigenvalue weighted by molar-refractivity contribution is -0.122. The van der Waals surface area contributed by atoms with Crippen molar-refractivity contribution >= 4 is 5.91 Å². The van der Waals surface area contributed by atoms with Gasteiger partial charge in [0.2, 0.25) is 5.91 Å². The fraction of sp³-hybridized carbons (Fsp3) is 0.562. The molecule has 2 atom stereocenters. The summed E-state index contributed by atoms with van der Waals surface area (Å²) >= 11 is 0. The molecule has 0 heterocycles. The van der Waals surface area contributed by atoms with E-state index in [0.717, 1.165) is 25.7 Å². The van der Waals surface area contributed by atoms with Crippen LogP contribution in [0.1, 0.15) is 32.1 Å². The number of benzene rings is 1. The van der Waals surface area contributed by atoms with Crippen LogP contribution in [0.2, 0.25) is 0 Å². The third kappa shape index (κ3) is 5.34. The highest BCUT2D eigenvalue weighted by atomic mass is 19.1. The molecular weight excluding hydrogens is 273 g/mol. The van der Waals surface area contributed by atoms with Crippen LogP contribution in [0.15, 0.2) is 24.3 Å². The molecule has 1 aromatic rings. The topological polar surface area (TPSA) is 58.6 Å². The van der Waals surface area contributed by atoms with E-state index in [1.807, 2.05) is 0 Å². The number of carbonyl (C=O) groups excluding carboxylic acids is 1. The summed E-state index contributed by atoms with van der Waals surface area (Å²) in [4.78, 5) is 11.7. The predicted octanol–water partition coefficient (Wildman–Crippen LogP) is 2.26. The zero-order valence-corrected chi connectivity index (χ0v) is 12.1. The summed E-state index contributed by atoms with van der Waals surface area (Å²) in [5, 5.41) is 12.6. The number of aliphatic hydroxyl groups is 1. The number of hydrogen-bond acceptors (Lipinski definition) is 3. The van der Waals surface area contributed by atoms with Crippen molar-refractivity contribution in [3.8, 4) is 5.75 Å². The van der Waals surface area contributed by atoms with Crippen molar-refractivity contribution < 1.29 is 19.0 Å². The van der Waals surface area contributed by atoms with Crippen LogP contribution in [0.4, 0.5) is 4.39 Å². The van der Waals surface area contributed by atoms with Gasteiger partial charge in [-0.15, -0.1) is 0 Å². The third-order valence-electron chi connectivity index (χ3n) is 3.82. The van der Waals surface area contributed by atoms with E-state index in [2.05, 4.69) is 5.32 Å². The summed E-state index contributed by atoms with van der Waals surface area (Å²) in [6, 6.07) is 5.85. The smallest absolute Gasteiger partial charge is 0.223 e. The molecule has 1 aliphatic rings. The van der Waals surface area contributed by atoms with Crippen LogP contribution in [0.5, 0.6) is 5.75 Å². The van der Waals surface area contributed by atoms with Crippen LogP contribution in [0, 0.1) is 11.7 Å². The number of halogens is 1. The molecule has 1 amide bonds. The second-order valence-corrected chi connectivity index (χ2v) is 5.47. The van der Waals surface area contributed by atoms with Crippen LogP contribution >= 0.6 is 0 Å². The Morgan fingerprint density at radius 1 is 1.38 bits per heavy atom. The molecule has 0 saturated heterocycles. The molecule has 5 heteroatoms. The van der Waals surface area contributed by atoms with Crippen LogP contribution in [0.3, 0.4) is 0 Å². The lowest BCUT2D eigenvalue weighted by Gasteiger charge is -2.27. The lowest BCUT2D eigenvalue weighted by atomic mass is 9.86. The third-order valence-corrected chi connectivity index (χ3v) is 3.82. The molecule has 21 heavy (non-hydrogen) atoms. The highest BCUT2D eigenvalue weighted by molar-refractivity contribution is 5.75. The number of carbonyl (C=O) groups is 1. The fourth-order valence-electron chi connectivity index (χ4n) is 2.58.